The molecule has 2 aromatic carbocycles. The van der Waals surface area contributed by atoms with Gasteiger partial charge in [-0.05, 0) is 36.4 Å². The summed E-state index contributed by atoms with van der Waals surface area (Å²) in [6.07, 6.45) is 0. The summed E-state index contributed by atoms with van der Waals surface area (Å²) >= 11 is 1.10. The Morgan fingerprint density at radius 3 is 2.50 bits per heavy atom. The molecule has 0 aliphatic rings. The van der Waals surface area contributed by atoms with E-state index < -0.39 is 10.0 Å². The number of nitrogens with zero attached hydrogens (tertiary/aromatic N) is 3. The number of carbonyl (C=O) groups is 1. The molecular weight excluding hydrogens is 452 g/mol. The van der Waals surface area contributed by atoms with E-state index in [9.17, 15) is 13.2 Å². The number of carbonyl (C=O) groups excluding carboxylic acids is 1. The van der Waals surface area contributed by atoms with Gasteiger partial charge in [-0.3, -0.25) is 4.79 Å². The van der Waals surface area contributed by atoms with Crippen LogP contribution in [0.3, 0.4) is 0 Å². The van der Waals surface area contributed by atoms with Gasteiger partial charge in [0.25, 0.3) is 5.22 Å². The molecule has 1 heterocycles. The largest absolute Gasteiger partial charge is 0.497 e. The highest BCUT2D eigenvalue weighted by Gasteiger charge is 2.21. The number of nitrogens with one attached hydrogen (secondary N) is 1. The SMILES string of the molecule is CCN(CC)S(=O)(=O)c1ccc(-c2nnc(SCC(=O)Nc3cccc(OC)c3)o2)cc1. The van der Waals surface area contributed by atoms with Gasteiger partial charge in [0.2, 0.25) is 21.8 Å². The summed E-state index contributed by atoms with van der Waals surface area (Å²) in [7, 11) is -1.98. The Balaban J connectivity index is 1.61. The first-order chi connectivity index (χ1) is 15.4. The average Bonchev–Trinajstić information content (AvgIpc) is 3.28. The molecular formula is C21H24N4O5S2. The maximum Gasteiger partial charge on any atom is 0.277 e. The molecule has 0 spiro atoms. The first-order valence-electron chi connectivity index (χ1n) is 9.88. The number of hydrogen-bond donors (Lipinski definition) is 1. The monoisotopic (exact) mass is 476 g/mol. The molecule has 0 saturated carbocycles. The zero-order chi connectivity index (χ0) is 23.1. The topological polar surface area (TPSA) is 115 Å². The third-order valence-corrected chi connectivity index (χ3v) is 7.41. The first kappa shape index (κ1) is 23.8. The molecule has 0 fully saturated rings. The summed E-state index contributed by atoms with van der Waals surface area (Å²) in [4.78, 5) is 12.4. The van der Waals surface area contributed by atoms with Gasteiger partial charge in [0.15, 0.2) is 0 Å². The van der Waals surface area contributed by atoms with Crippen LogP contribution in [0.1, 0.15) is 13.8 Å². The van der Waals surface area contributed by atoms with Crippen molar-refractivity contribution in [2.24, 2.45) is 0 Å². The van der Waals surface area contributed by atoms with E-state index in [4.69, 9.17) is 9.15 Å². The Kier molecular flexibility index (Phi) is 7.89. The third kappa shape index (κ3) is 5.67. The van der Waals surface area contributed by atoms with Crippen LogP contribution >= 0.6 is 11.8 Å². The van der Waals surface area contributed by atoms with E-state index in [2.05, 4.69) is 15.5 Å². The second-order valence-electron chi connectivity index (χ2n) is 6.56. The minimum atomic E-state index is -3.53. The minimum Gasteiger partial charge on any atom is -0.497 e. The lowest BCUT2D eigenvalue weighted by atomic mass is 10.2. The van der Waals surface area contributed by atoms with Crippen LogP contribution in [0.25, 0.3) is 11.5 Å². The molecule has 9 nitrogen and oxygen atoms in total. The highest BCUT2D eigenvalue weighted by Crippen LogP contribution is 2.25. The molecule has 0 atom stereocenters. The first-order valence-corrected chi connectivity index (χ1v) is 12.3. The average molecular weight is 477 g/mol. The van der Waals surface area contributed by atoms with E-state index in [0.717, 1.165) is 11.8 Å². The Morgan fingerprint density at radius 1 is 1.12 bits per heavy atom. The molecule has 0 saturated heterocycles. The van der Waals surface area contributed by atoms with Crippen molar-refractivity contribution in [3.8, 4) is 17.2 Å². The maximum atomic E-state index is 12.6. The lowest BCUT2D eigenvalue weighted by Gasteiger charge is -2.18. The summed E-state index contributed by atoms with van der Waals surface area (Å²) in [6, 6.07) is 13.3. The predicted molar refractivity (Wildman–Crippen MR) is 122 cm³/mol. The molecule has 0 unspecified atom stereocenters. The molecule has 0 radical (unpaired) electrons. The fourth-order valence-corrected chi connectivity index (χ4v) is 4.91. The minimum absolute atomic E-state index is 0.0832. The highest BCUT2D eigenvalue weighted by molar-refractivity contribution is 7.99. The van der Waals surface area contributed by atoms with E-state index in [1.807, 2.05) is 0 Å². The lowest BCUT2D eigenvalue weighted by Crippen LogP contribution is -2.30. The van der Waals surface area contributed by atoms with Crippen molar-refractivity contribution < 1.29 is 22.4 Å². The predicted octanol–water partition coefficient (Wildman–Crippen LogP) is 3.51. The molecule has 1 aromatic heterocycles. The summed E-state index contributed by atoms with van der Waals surface area (Å²) in [6.45, 7) is 4.39. The van der Waals surface area contributed by atoms with Gasteiger partial charge in [-0.2, -0.15) is 4.31 Å². The Hall–Kier alpha value is -2.89. The van der Waals surface area contributed by atoms with E-state index in [0.29, 0.717) is 30.1 Å². The lowest BCUT2D eigenvalue weighted by molar-refractivity contribution is -0.113. The number of ether oxygens (including phenoxy) is 1. The second-order valence-corrected chi connectivity index (χ2v) is 9.42. The fourth-order valence-electron chi connectivity index (χ4n) is 2.89. The zero-order valence-electron chi connectivity index (χ0n) is 17.9. The van der Waals surface area contributed by atoms with Gasteiger partial charge in [0.05, 0.1) is 17.8 Å². The summed E-state index contributed by atoms with van der Waals surface area (Å²) < 4.78 is 37.3. The van der Waals surface area contributed by atoms with Gasteiger partial charge >= 0.3 is 0 Å². The molecule has 3 aromatic rings. The van der Waals surface area contributed by atoms with Crippen LogP contribution in [0, 0.1) is 0 Å². The number of anilines is 1. The van der Waals surface area contributed by atoms with Gasteiger partial charge in [0, 0.05) is 30.4 Å². The van der Waals surface area contributed by atoms with Gasteiger partial charge in [-0.1, -0.05) is 31.7 Å². The van der Waals surface area contributed by atoms with E-state index >= 15 is 0 Å². The number of thioether (sulfide) groups is 1. The Bertz CT molecular complexity index is 1160. The Morgan fingerprint density at radius 2 is 1.84 bits per heavy atom. The van der Waals surface area contributed by atoms with E-state index in [1.54, 1.807) is 57.4 Å². The number of hydrogen-bond acceptors (Lipinski definition) is 8. The molecule has 0 aliphatic carbocycles. The van der Waals surface area contributed by atoms with Crippen LogP contribution in [0.5, 0.6) is 5.75 Å². The number of methoxy groups -OCH3 is 1. The Labute approximate surface area is 191 Å². The van der Waals surface area contributed by atoms with Gasteiger partial charge in [0.1, 0.15) is 5.75 Å². The molecule has 170 valence electrons. The number of rotatable bonds is 10. The summed E-state index contributed by atoms with van der Waals surface area (Å²) in [5.74, 6) is 0.745. The van der Waals surface area contributed by atoms with Crippen LogP contribution in [-0.2, 0) is 14.8 Å². The van der Waals surface area contributed by atoms with Crippen molar-refractivity contribution >= 4 is 33.4 Å². The van der Waals surface area contributed by atoms with Crippen LogP contribution in [0.4, 0.5) is 5.69 Å². The van der Waals surface area contributed by atoms with Crippen LogP contribution in [0.2, 0.25) is 0 Å². The van der Waals surface area contributed by atoms with Crippen molar-refractivity contribution in [2.45, 2.75) is 24.0 Å². The zero-order valence-corrected chi connectivity index (χ0v) is 19.6. The fraction of sp³-hybridized carbons (Fsp3) is 0.286. The number of sulfonamides is 1. The van der Waals surface area contributed by atoms with Gasteiger partial charge in [-0.15, -0.1) is 10.2 Å². The van der Waals surface area contributed by atoms with Gasteiger partial charge < -0.3 is 14.5 Å². The third-order valence-electron chi connectivity index (χ3n) is 4.53. The van der Waals surface area contributed by atoms with Crippen molar-refractivity contribution in [1.82, 2.24) is 14.5 Å². The molecule has 11 heteroatoms. The molecule has 32 heavy (non-hydrogen) atoms. The molecule has 0 aliphatic heterocycles. The molecule has 1 amide bonds. The highest BCUT2D eigenvalue weighted by atomic mass is 32.2. The smallest absolute Gasteiger partial charge is 0.277 e. The maximum absolute atomic E-state index is 12.6. The van der Waals surface area contributed by atoms with Crippen LogP contribution in [0.15, 0.2) is 63.1 Å². The number of aromatic nitrogens is 2. The second kappa shape index (κ2) is 10.6. The van der Waals surface area contributed by atoms with Crippen LogP contribution < -0.4 is 10.1 Å². The number of benzene rings is 2. The van der Waals surface area contributed by atoms with Crippen molar-refractivity contribution in [2.75, 3.05) is 31.3 Å². The van der Waals surface area contributed by atoms with Gasteiger partial charge in [-0.25, -0.2) is 8.42 Å². The van der Waals surface area contributed by atoms with Crippen LogP contribution in [-0.4, -0.2) is 54.8 Å². The van der Waals surface area contributed by atoms with E-state index in [-0.39, 0.29) is 27.7 Å². The quantitative estimate of drug-likeness (QED) is 0.442. The standard InChI is InChI=1S/C21H24N4O5S2/c1-4-25(5-2)32(27,28)18-11-9-15(10-12-18)20-23-24-21(30-20)31-14-19(26)22-16-7-6-8-17(13-16)29-3/h6-13H,4-5,14H2,1-3H3,(H,22,26). The van der Waals surface area contributed by atoms with Crippen molar-refractivity contribution in [1.29, 1.82) is 0 Å². The molecule has 3 rings (SSSR count). The van der Waals surface area contributed by atoms with E-state index in [1.165, 1.54) is 16.4 Å². The van der Waals surface area contributed by atoms with Crippen molar-refractivity contribution in [3.05, 3.63) is 48.5 Å². The molecule has 1 N–H and O–H groups in total. The summed E-state index contributed by atoms with van der Waals surface area (Å²) in [5, 5.41) is 10.9. The van der Waals surface area contributed by atoms with Crippen molar-refractivity contribution in [3.63, 3.8) is 0 Å². The molecule has 0 bridgehead atoms. The normalized spacial score (nSPS) is 11.5. The number of amides is 1. The summed E-state index contributed by atoms with van der Waals surface area (Å²) in [5.41, 5.74) is 1.21.